The molecule has 6 heteroatoms. The molecule has 0 fully saturated rings. The molecule has 0 radical (unpaired) electrons. The number of carbonyl (C=O) groups is 1. The van der Waals surface area contributed by atoms with Gasteiger partial charge in [0.25, 0.3) is 0 Å². The molecule has 0 bridgehead atoms. The molecule has 25 heavy (non-hydrogen) atoms. The molecule has 1 amide bonds. The normalized spacial score (nSPS) is 12.4. The Morgan fingerprint density at radius 1 is 1.12 bits per heavy atom. The summed E-state index contributed by atoms with van der Waals surface area (Å²) in [5, 5.41) is 2.82. The summed E-state index contributed by atoms with van der Waals surface area (Å²) in [6.45, 7) is 3.73. The van der Waals surface area contributed by atoms with Crippen LogP contribution in [0.15, 0.2) is 53.4 Å². The van der Waals surface area contributed by atoms with E-state index in [1.165, 1.54) is 0 Å². The van der Waals surface area contributed by atoms with Crippen LogP contribution in [0.2, 0.25) is 0 Å². The summed E-state index contributed by atoms with van der Waals surface area (Å²) in [6.07, 6.45) is -0.0876. The second-order valence-electron chi connectivity index (χ2n) is 5.91. The number of benzene rings is 2. The molecule has 0 aliphatic carbocycles. The number of carbonyl (C=O) groups excluding carboxylic acids is 1. The average Bonchev–Trinajstić information content (AvgIpc) is 2.60. The zero-order valence-electron chi connectivity index (χ0n) is 14.7. The first-order valence-electron chi connectivity index (χ1n) is 8.05. The van der Waals surface area contributed by atoms with Crippen LogP contribution in [0.25, 0.3) is 0 Å². The first kappa shape index (κ1) is 19.0. The molecule has 0 aromatic heterocycles. The van der Waals surface area contributed by atoms with Gasteiger partial charge in [-0.1, -0.05) is 35.9 Å². The van der Waals surface area contributed by atoms with Gasteiger partial charge in [-0.3, -0.25) is 4.79 Å². The molecule has 2 aromatic carbocycles. The highest BCUT2D eigenvalue weighted by atomic mass is 32.2. The molecular formula is C19H23NO4S. The maximum absolute atomic E-state index is 12.3. The van der Waals surface area contributed by atoms with Crippen molar-refractivity contribution in [3.8, 4) is 5.75 Å². The van der Waals surface area contributed by atoms with Gasteiger partial charge in [0.05, 0.1) is 23.8 Å². The predicted octanol–water partition coefficient (Wildman–Crippen LogP) is 3.04. The van der Waals surface area contributed by atoms with E-state index < -0.39 is 9.84 Å². The number of rotatable bonds is 7. The third-order valence-corrected chi connectivity index (χ3v) is 5.69. The number of amides is 1. The van der Waals surface area contributed by atoms with Crippen molar-refractivity contribution in [1.29, 1.82) is 0 Å². The van der Waals surface area contributed by atoms with Crippen molar-refractivity contribution in [3.05, 3.63) is 59.7 Å². The number of hydrogen-bond acceptors (Lipinski definition) is 4. The van der Waals surface area contributed by atoms with Crippen molar-refractivity contribution >= 4 is 15.7 Å². The second-order valence-corrected chi connectivity index (χ2v) is 8.02. The van der Waals surface area contributed by atoms with Gasteiger partial charge in [0, 0.05) is 12.0 Å². The average molecular weight is 361 g/mol. The molecule has 0 heterocycles. The zero-order chi connectivity index (χ0) is 18.4. The minimum atomic E-state index is -3.47. The molecule has 0 saturated carbocycles. The Hall–Kier alpha value is -2.34. The van der Waals surface area contributed by atoms with Crippen LogP contribution in [-0.2, 0) is 14.6 Å². The molecule has 5 nitrogen and oxygen atoms in total. The fraction of sp³-hybridized carbons (Fsp3) is 0.316. The lowest BCUT2D eigenvalue weighted by atomic mass is 10.1. The number of methoxy groups -OCH3 is 1. The highest BCUT2D eigenvalue weighted by Crippen LogP contribution is 2.24. The molecule has 0 spiro atoms. The van der Waals surface area contributed by atoms with Crippen LogP contribution < -0.4 is 10.1 Å². The largest absolute Gasteiger partial charge is 0.496 e. The quantitative estimate of drug-likeness (QED) is 0.823. The summed E-state index contributed by atoms with van der Waals surface area (Å²) in [5.41, 5.74) is 1.84. The van der Waals surface area contributed by atoms with Gasteiger partial charge in [0.15, 0.2) is 9.84 Å². The summed E-state index contributed by atoms with van der Waals surface area (Å²) in [4.78, 5) is 12.4. The number of para-hydroxylation sites is 1. The summed E-state index contributed by atoms with van der Waals surface area (Å²) >= 11 is 0. The summed E-state index contributed by atoms with van der Waals surface area (Å²) in [6, 6.07) is 13.8. The molecule has 1 unspecified atom stereocenters. The third kappa shape index (κ3) is 5.06. The highest BCUT2D eigenvalue weighted by Gasteiger charge is 2.18. The van der Waals surface area contributed by atoms with E-state index in [1.807, 2.05) is 38.1 Å². The Labute approximate surface area is 148 Å². The number of nitrogens with one attached hydrogen (secondary N) is 1. The van der Waals surface area contributed by atoms with Crippen molar-refractivity contribution < 1.29 is 17.9 Å². The molecule has 2 aromatic rings. The van der Waals surface area contributed by atoms with Crippen LogP contribution in [0.4, 0.5) is 0 Å². The Kier molecular flexibility index (Phi) is 6.20. The molecule has 2 rings (SSSR count). The van der Waals surface area contributed by atoms with Crippen LogP contribution >= 0.6 is 0 Å². The molecule has 0 aliphatic heterocycles. The SMILES string of the molecule is COc1ccccc1C(C)NC(=O)CCS(=O)(=O)c1ccc(C)cc1. The standard InChI is InChI=1S/C19H23NO4S/c1-14-8-10-16(11-9-14)25(22,23)13-12-19(21)20-15(2)17-6-4-5-7-18(17)24-3/h4-11,15H,12-13H2,1-3H3,(H,20,21). The zero-order valence-corrected chi connectivity index (χ0v) is 15.5. The van der Waals surface area contributed by atoms with Gasteiger partial charge in [-0.05, 0) is 32.0 Å². The fourth-order valence-corrected chi connectivity index (χ4v) is 3.75. The molecule has 1 N–H and O–H groups in total. The van der Waals surface area contributed by atoms with E-state index >= 15 is 0 Å². The minimum Gasteiger partial charge on any atom is -0.496 e. The van der Waals surface area contributed by atoms with Gasteiger partial charge in [0.1, 0.15) is 5.75 Å². The predicted molar refractivity (Wildman–Crippen MR) is 97.4 cm³/mol. The fourth-order valence-electron chi connectivity index (χ4n) is 2.51. The van der Waals surface area contributed by atoms with E-state index in [1.54, 1.807) is 31.4 Å². The van der Waals surface area contributed by atoms with Crippen molar-refractivity contribution in [2.24, 2.45) is 0 Å². The maximum Gasteiger partial charge on any atom is 0.221 e. The Morgan fingerprint density at radius 3 is 2.40 bits per heavy atom. The number of ether oxygens (including phenoxy) is 1. The van der Waals surface area contributed by atoms with Crippen LogP contribution in [-0.4, -0.2) is 27.2 Å². The lowest BCUT2D eigenvalue weighted by Gasteiger charge is -2.17. The van der Waals surface area contributed by atoms with Crippen molar-refractivity contribution in [3.63, 3.8) is 0 Å². The van der Waals surface area contributed by atoms with Gasteiger partial charge in [-0.25, -0.2) is 8.42 Å². The van der Waals surface area contributed by atoms with Crippen molar-refractivity contribution in [2.45, 2.75) is 31.2 Å². The van der Waals surface area contributed by atoms with Crippen molar-refractivity contribution in [2.75, 3.05) is 12.9 Å². The van der Waals surface area contributed by atoms with Gasteiger partial charge in [-0.2, -0.15) is 0 Å². The van der Waals surface area contributed by atoms with Crippen LogP contribution in [0.5, 0.6) is 5.75 Å². The molecular weight excluding hydrogens is 338 g/mol. The van der Waals surface area contributed by atoms with E-state index in [0.717, 1.165) is 11.1 Å². The lowest BCUT2D eigenvalue weighted by Crippen LogP contribution is -2.28. The number of aryl methyl sites for hydroxylation is 1. The smallest absolute Gasteiger partial charge is 0.221 e. The molecule has 134 valence electrons. The Balaban J connectivity index is 1.97. The van der Waals surface area contributed by atoms with E-state index in [-0.39, 0.29) is 29.0 Å². The van der Waals surface area contributed by atoms with Gasteiger partial charge in [0.2, 0.25) is 5.91 Å². The van der Waals surface area contributed by atoms with E-state index in [9.17, 15) is 13.2 Å². The van der Waals surface area contributed by atoms with E-state index in [0.29, 0.717) is 5.75 Å². The molecule has 0 saturated heterocycles. The summed E-state index contributed by atoms with van der Waals surface area (Å²) < 4.78 is 29.9. The minimum absolute atomic E-state index is 0.0876. The second kappa shape index (κ2) is 8.16. The van der Waals surface area contributed by atoms with Gasteiger partial charge < -0.3 is 10.1 Å². The third-order valence-electron chi connectivity index (χ3n) is 3.96. The lowest BCUT2D eigenvalue weighted by molar-refractivity contribution is -0.121. The summed E-state index contributed by atoms with van der Waals surface area (Å²) in [7, 11) is -1.90. The molecule has 1 atom stereocenters. The van der Waals surface area contributed by atoms with Crippen LogP contribution in [0, 0.1) is 6.92 Å². The van der Waals surface area contributed by atoms with E-state index in [4.69, 9.17) is 4.74 Å². The first-order valence-corrected chi connectivity index (χ1v) is 9.70. The van der Waals surface area contributed by atoms with Crippen molar-refractivity contribution in [1.82, 2.24) is 5.32 Å². The first-order chi connectivity index (χ1) is 11.8. The number of sulfone groups is 1. The van der Waals surface area contributed by atoms with Gasteiger partial charge >= 0.3 is 0 Å². The number of hydrogen-bond donors (Lipinski definition) is 1. The van der Waals surface area contributed by atoms with Crippen LogP contribution in [0.1, 0.15) is 30.5 Å². The highest BCUT2D eigenvalue weighted by molar-refractivity contribution is 7.91. The van der Waals surface area contributed by atoms with E-state index in [2.05, 4.69) is 5.32 Å². The summed E-state index contributed by atoms with van der Waals surface area (Å²) in [5.74, 6) is 0.150. The maximum atomic E-state index is 12.3. The Morgan fingerprint density at radius 2 is 1.76 bits per heavy atom. The van der Waals surface area contributed by atoms with Gasteiger partial charge in [-0.15, -0.1) is 0 Å². The Bertz CT molecular complexity index is 829. The van der Waals surface area contributed by atoms with Crippen LogP contribution in [0.3, 0.4) is 0 Å². The monoisotopic (exact) mass is 361 g/mol. The topological polar surface area (TPSA) is 72.5 Å². The molecule has 0 aliphatic rings.